The molecule has 13 heavy (non-hydrogen) atoms. The molecule has 0 aliphatic heterocycles. The molecule has 0 aromatic heterocycles. The number of ether oxygens (including phenoxy) is 2. The SMILES string of the molecule is C#COc1cccc(C(=O)OC)c1. The van der Waals surface area contributed by atoms with Crippen molar-refractivity contribution in [2.45, 2.75) is 0 Å². The van der Waals surface area contributed by atoms with Crippen LogP contribution in [0.3, 0.4) is 0 Å². The number of terminal acetylenes is 1. The standard InChI is InChI=1S/C10H8O3/c1-3-13-9-6-4-5-8(7-9)10(11)12-2/h1,4-7H,2H3. The maximum atomic E-state index is 11.0. The third-order valence-electron chi connectivity index (χ3n) is 1.43. The zero-order chi connectivity index (χ0) is 9.68. The number of benzene rings is 1. The third kappa shape index (κ3) is 2.24. The summed E-state index contributed by atoms with van der Waals surface area (Å²) >= 11 is 0. The van der Waals surface area contributed by atoms with Gasteiger partial charge in [-0.2, -0.15) is 0 Å². The molecule has 0 saturated heterocycles. The molecule has 0 aliphatic carbocycles. The third-order valence-corrected chi connectivity index (χ3v) is 1.43. The van der Waals surface area contributed by atoms with Gasteiger partial charge in [0.25, 0.3) is 0 Å². The summed E-state index contributed by atoms with van der Waals surface area (Å²) in [6.45, 7) is 0. The summed E-state index contributed by atoms with van der Waals surface area (Å²) in [5.41, 5.74) is 0.412. The monoisotopic (exact) mass is 176 g/mol. The van der Waals surface area contributed by atoms with E-state index in [0.717, 1.165) is 0 Å². The first-order chi connectivity index (χ1) is 6.27. The van der Waals surface area contributed by atoms with Crippen molar-refractivity contribution in [1.29, 1.82) is 0 Å². The molecule has 0 bridgehead atoms. The summed E-state index contributed by atoms with van der Waals surface area (Å²) in [6, 6.07) is 6.46. The molecular formula is C10H8O3. The van der Waals surface area contributed by atoms with Gasteiger partial charge >= 0.3 is 5.97 Å². The van der Waals surface area contributed by atoms with Gasteiger partial charge in [-0.05, 0) is 18.2 Å². The van der Waals surface area contributed by atoms with Gasteiger partial charge in [0, 0.05) is 0 Å². The smallest absolute Gasteiger partial charge is 0.337 e. The second-order valence-corrected chi connectivity index (χ2v) is 2.24. The summed E-state index contributed by atoms with van der Waals surface area (Å²) in [5, 5.41) is 0. The minimum Gasteiger partial charge on any atom is -0.465 e. The summed E-state index contributed by atoms with van der Waals surface area (Å²) in [7, 11) is 1.32. The van der Waals surface area contributed by atoms with E-state index in [4.69, 9.17) is 11.2 Å². The Morgan fingerprint density at radius 1 is 1.54 bits per heavy atom. The van der Waals surface area contributed by atoms with E-state index < -0.39 is 5.97 Å². The van der Waals surface area contributed by atoms with Crippen molar-refractivity contribution < 1.29 is 14.3 Å². The Balaban J connectivity index is 2.93. The van der Waals surface area contributed by atoms with Gasteiger partial charge in [-0.3, -0.25) is 0 Å². The highest BCUT2D eigenvalue weighted by molar-refractivity contribution is 5.89. The molecule has 0 heterocycles. The van der Waals surface area contributed by atoms with E-state index in [2.05, 4.69) is 4.74 Å². The van der Waals surface area contributed by atoms with Crippen molar-refractivity contribution in [3.05, 3.63) is 29.8 Å². The van der Waals surface area contributed by atoms with Crippen LogP contribution in [0.2, 0.25) is 0 Å². The van der Waals surface area contributed by atoms with Gasteiger partial charge in [-0.1, -0.05) is 12.5 Å². The lowest BCUT2D eigenvalue weighted by Gasteiger charge is -2.00. The van der Waals surface area contributed by atoms with E-state index in [9.17, 15) is 4.79 Å². The van der Waals surface area contributed by atoms with Gasteiger partial charge in [0.1, 0.15) is 11.9 Å². The van der Waals surface area contributed by atoms with Gasteiger partial charge in [0.2, 0.25) is 0 Å². The quantitative estimate of drug-likeness (QED) is 0.505. The fourth-order valence-electron chi connectivity index (χ4n) is 0.872. The Morgan fingerprint density at radius 3 is 2.92 bits per heavy atom. The molecule has 0 saturated carbocycles. The fourth-order valence-corrected chi connectivity index (χ4v) is 0.872. The summed E-state index contributed by atoms with van der Waals surface area (Å²) in [5.74, 6) is 0.0351. The first kappa shape index (κ1) is 9.14. The zero-order valence-corrected chi connectivity index (χ0v) is 7.11. The van der Waals surface area contributed by atoms with Crippen molar-refractivity contribution in [3.63, 3.8) is 0 Å². The fraction of sp³-hybridized carbons (Fsp3) is 0.100. The van der Waals surface area contributed by atoms with Crippen LogP contribution in [0.25, 0.3) is 0 Å². The van der Waals surface area contributed by atoms with Gasteiger partial charge in [0.15, 0.2) is 0 Å². The Labute approximate surface area is 76.3 Å². The van der Waals surface area contributed by atoms with Crippen molar-refractivity contribution in [1.82, 2.24) is 0 Å². The molecule has 3 heteroatoms. The first-order valence-corrected chi connectivity index (χ1v) is 3.58. The molecular weight excluding hydrogens is 168 g/mol. The molecule has 0 spiro atoms. The van der Waals surface area contributed by atoms with E-state index in [0.29, 0.717) is 11.3 Å². The topological polar surface area (TPSA) is 35.5 Å². The van der Waals surface area contributed by atoms with Gasteiger partial charge < -0.3 is 9.47 Å². The average molecular weight is 176 g/mol. The van der Waals surface area contributed by atoms with Crippen LogP contribution in [-0.4, -0.2) is 13.1 Å². The average Bonchev–Trinajstić information content (AvgIpc) is 2.18. The summed E-state index contributed by atoms with van der Waals surface area (Å²) in [6.07, 6.45) is 6.95. The summed E-state index contributed by atoms with van der Waals surface area (Å²) in [4.78, 5) is 11.0. The predicted molar refractivity (Wildman–Crippen MR) is 47.2 cm³/mol. The highest BCUT2D eigenvalue weighted by atomic mass is 16.5. The number of carbonyl (C=O) groups is 1. The number of carbonyl (C=O) groups excluding carboxylic acids is 1. The molecule has 66 valence electrons. The Hall–Kier alpha value is -1.95. The van der Waals surface area contributed by atoms with Crippen LogP contribution >= 0.6 is 0 Å². The van der Waals surface area contributed by atoms with Crippen LogP contribution in [0, 0.1) is 12.5 Å². The first-order valence-electron chi connectivity index (χ1n) is 3.58. The van der Waals surface area contributed by atoms with Crippen LogP contribution in [0.15, 0.2) is 24.3 Å². The lowest BCUT2D eigenvalue weighted by Crippen LogP contribution is -2.00. The largest absolute Gasteiger partial charge is 0.465 e. The highest BCUT2D eigenvalue weighted by Gasteiger charge is 2.05. The number of hydrogen-bond acceptors (Lipinski definition) is 3. The molecule has 3 nitrogen and oxygen atoms in total. The molecule has 0 amide bonds. The van der Waals surface area contributed by atoms with E-state index in [1.54, 1.807) is 18.2 Å². The molecule has 0 aliphatic rings. The predicted octanol–water partition coefficient (Wildman–Crippen LogP) is 1.44. The maximum absolute atomic E-state index is 11.0. The second kappa shape index (κ2) is 4.17. The number of esters is 1. The lowest BCUT2D eigenvalue weighted by molar-refractivity contribution is 0.0600. The molecule has 0 fully saturated rings. The lowest BCUT2D eigenvalue weighted by atomic mass is 10.2. The van der Waals surface area contributed by atoms with Gasteiger partial charge in [0.05, 0.1) is 12.7 Å². The van der Waals surface area contributed by atoms with Crippen LogP contribution in [0.5, 0.6) is 5.75 Å². The molecule has 0 N–H and O–H groups in total. The van der Waals surface area contributed by atoms with E-state index in [1.807, 2.05) is 6.11 Å². The number of methoxy groups -OCH3 is 1. The van der Waals surface area contributed by atoms with Crippen LogP contribution < -0.4 is 4.74 Å². The molecule has 1 aromatic rings. The second-order valence-electron chi connectivity index (χ2n) is 2.24. The van der Waals surface area contributed by atoms with Crippen LogP contribution in [0.4, 0.5) is 0 Å². The van der Waals surface area contributed by atoms with Gasteiger partial charge in [-0.15, -0.1) is 0 Å². The summed E-state index contributed by atoms with van der Waals surface area (Å²) < 4.78 is 9.28. The van der Waals surface area contributed by atoms with Crippen LogP contribution in [0.1, 0.15) is 10.4 Å². The minimum atomic E-state index is -0.414. The Morgan fingerprint density at radius 2 is 2.31 bits per heavy atom. The molecule has 0 unspecified atom stereocenters. The van der Waals surface area contributed by atoms with E-state index in [-0.39, 0.29) is 0 Å². The number of hydrogen-bond donors (Lipinski definition) is 0. The van der Waals surface area contributed by atoms with Crippen molar-refractivity contribution >= 4 is 5.97 Å². The number of rotatable bonds is 2. The van der Waals surface area contributed by atoms with Crippen molar-refractivity contribution in [2.24, 2.45) is 0 Å². The molecule has 0 atom stereocenters. The van der Waals surface area contributed by atoms with Crippen molar-refractivity contribution in [3.8, 4) is 18.3 Å². The maximum Gasteiger partial charge on any atom is 0.337 e. The van der Waals surface area contributed by atoms with E-state index >= 15 is 0 Å². The van der Waals surface area contributed by atoms with Crippen molar-refractivity contribution in [2.75, 3.05) is 7.11 Å². The molecule has 0 radical (unpaired) electrons. The Kier molecular flexibility index (Phi) is 2.93. The Bertz CT molecular complexity index is 349. The molecule has 1 aromatic carbocycles. The van der Waals surface area contributed by atoms with E-state index in [1.165, 1.54) is 13.2 Å². The molecule has 1 rings (SSSR count). The zero-order valence-electron chi connectivity index (χ0n) is 7.11. The minimum absolute atomic E-state index is 0.412. The van der Waals surface area contributed by atoms with Crippen LogP contribution in [-0.2, 0) is 4.74 Å². The normalized spacial score (nSPS) is 8.62. The highest BCUT2D eigenvalue weighted by Crippen LogP contribution is 2.13. The van der Waals surface area contributed by atoms with Gasteiger partial charge in [-0.25, -0.2) is 4.79 Å².